The Bertz CT molecular complexity index is 613. The van der Waals surface area contributed by atoms with Crippen molar-refractivity contribution in [1.29, 1.82) is 0 Å². The molecule has 0 fully saturated rings. The quantitative estimate of drug-likeness (QED) is 0.363. The first-order valence-electron chi connectivity index (χ1n) is 9.94. The predicted octanol–water partition coefficient (Wildman–Crippen LogP) is 4.47. The zero-order valence-corrected chi connectivity index (χ0v) is 17.8. The molecular formula is C22H34O6. The summed E-state index contributed by atoms with van der Waals surface area (Å²) in [7, 11) is 3.20. The number of carbonyl (C=O) groups is 2. The van der Waals surface area contributed by atoms with Gasteiger partial charge in [-0.2, -0.15) is 0 Å². The van der Waals surface area contributed by atoms with Gasteiger partial charge in [0, 0.05) is 20.3 Å². The Morgan fingerprint density at radius 1 is 0.893 bits per heavy atom. The van der Waals surface area contributed by atoms with E-state index in [2.05, 4.69) is 6.92 Å². The highest BCUT2D eigenvalue weighted by Gasteiger charge is 2.21. The third kappa shape index (κ3) is 9.11. The van der Waals surface area contributed by atoms with Crippen molar-refractivity contribution in [2.75, 3.05) is 14.2 Å². The molecule has 0 bridgehead atoms. The number of hydrogen-bond donors (Lipinski definition) is 0. The van der Waals surface area contributed by atoms with Gasteiger partial charge in [0.15, 0.2) is 11.5 Å². The van der Waals surface area contributed by atoms with Crippen molar-refractivity contribution in [1.82, 2.24) is 0 Å². The summed E-state index contributed by atoms with van der Waals surface area (Å²) in [6.45, 7) is 4.95. The van der Waals surface area contributed by atoms with E-state index in [4.69, 9.17) is 18.9 Å². The number of ether oxygens (including phenoxy) is 4. The van der Waals surface area contributed by atoms with E-state index in [1.165, 1.54) is 13.8 Å². The third-order valence-electron chi connectivity index (χ3n) is 4.52. The van der Waals surface area contributed by atoms with E-state index in [0.29, 0.717) is 30.8 Å². The molecule has 1 aromatic carbocycles. The van der Waals surface area contributed by atoms with Gasteiger partial charge in [-0.15, -0.1) is 0 Å². The van der Waals surface area contributed by atoms with E-state index >= 15 is 0 Å². The standard InChI is InChI=1S/C22H34O6/c1-6-7-8-9-19(27-16(2)23)15-20(28-17(3)24)12-10-18-11-13-21(25-4)22(14-18)26-5/h11,13-14,19-20H,6-10,12,15H2,1-5H3/t19-,20-/m0/s1. The van der Waals surface area contributed by atoms with Gasteiger partial charge in [0.25, 0.3) is 0 Å². The first kappa shape index (κ1) is 23.8. The van der Waals surface area contributed by atoms with Crippen LogP contribution in [0.25, 0.3) is 0 Å². The lowest BCUT2D eigenvalue weighted by molar-refractivity contribution is -0.153. The SMILES string of the molecule is CCCCC[C@@H](C[C@H](CCc1ccc(OC)c(OC)c1)OC(C)=O)OC(C)=O. The number of unbranched alkanes of at least 4 members (excludes halogenated alkanes) is 2. The van der Waals surface area contributed by atoms with E-state index in [1.54, 1.807) is 14.2 Å². The van der Waals surface area contributed by atoms with Crippen molar-refractivity contribution < 1.29 is 28.5 Å². The van der Waals surface area contributed by atoms with E-state index in [1.807, 2.05) is 18.2 Å². The Kier molecular flexibility index (Phi) is 11.1. The zero-order valence-electron chi connectivity index (χ0n) is 17.8. The number of aryl methyl sites for hydroxylation is 1. The van der Waals surface area contributed by atoms with Crippen molar-refractivity contribution in [2.45, 2.75) is 77.9 Å². The van der Waals surface area contributed by atoms with Gasteiger partial charge in [0.1, 0.15) is 12.2 Å². The molecule has 28 heavy (non-hydrogen) atoms. The fourth-order valence-electron chi connectivity index (χ4n) is 3.20. The van der Waals surface area contributed by atoms with Crippen LogP contribution in [0.2, 0.25) is 0 Å². The Morgan fingerprint density at radius 3 is 2.04 bits per heavy atom. The fraction of sp³-hybridized carbons (Fsp3) is 0.636. The maximum absolute atomic E-state index is 11.5. The number of benzene rings is 1. The molecule has 0 radical (unpaired) electrons. The topological polar surface area (TPSA) is 71.1 Å². The average Bonchev–Trinajstić information content (AvgIpc) is 2.65. The number of esters is 2. The minimum absolute atomic E-state index is 0.237. The molecule has 158 valence electrons. The van der Waals surface area contributed by atoms with Gasteiger partial charge in [-0.1, -0.05) is 25.8 Å². The van der Waals surface area contributed by atoms with Crippen LogP contribution in [-0.2, 0) is 25.5 Å². The molecule has 0 aromatic heterocycles. The van der Waals surface area contributed by atoms with Crippen LogP contribution >= 0.6 is 0 Å². The van der Waals surface area contributed by atoms with Gasteiger partial charge >= 0.3 is 11.9 Å². The van der Waals surface area contributed by atoms with E-state index < -0.39 is 0 Å². The van der Waals surface area contributed by atoms with Crippen LogP contribution < -0.4 is 9.47 Å². The molecular weight excluding hydrogens is 360 g/mol. The molecule has 0 saturated heterocycles. The lowest BCUT2D eigenvalue weighted by Crippen LogP contribution is -2.27. The summed E-state index contributed by atoms with van der Waals surface area (Å²) in [5.74, 6) is 0.713. The Morgan fingerprint density at radius 2 is 1.50 bits per heavy atom. The van der Waals surface area contributed by atoms with E-state index in [9.17, 15) is 9.59 Å². The smallest absolute Gasteiger partial charge is 0.302 e. The van der Waals surface area contributed by atoms with Crippen LogP contribution in [0.5, 0.6) is 11.5 Å². The van der Waals surface area contributed by atoms with Crippen molar-refractivity contribution >= 4 is 11.9 Å². The molecule has 0 aliphatic carbocycles. The molecule has 1 rings (SSSR count). The van der Waals surface area contributed by atoms with Crippen molar-refractivity contribution in [2.24, 2.45) is 0 Å². The summed E-state index contributed by atoms with van der Waals surface area (Å²) in [6, 6.07) is 5.76. The van der Waals surface area contributed by atoms with Gasteiger partial charge in [0.2, 0.25) is 0 Å². The molecule has 0 spiro atoms. The summed E-state index contributed by atoms with van der Waals surface area (Å²) in [5, 5.41) is 0. The second-order valence-corrected chi connectivity index (χ2v) is 6.92. The molecule has 2 atom stereocenters. The van der Waals surface area contributed by atoms with Crippen molar-refractivity contribution in [3.63, 3.8) is 0 Å². The highest BCUT2D eigenvalue weighted by atomic mass is 16.6. The maximum Gasteiger partial charge on any atom is 0.302 e. The molecule has 0 N–H and O–H groups in total. The largest absolute Gasteiger partial charge is 0.493 e. The van der Waals surface area contributed by atoms with Gasteiger partial charge in [-0.3, -0.25) is 9.59 Å². The van der Waals surface area contributed by atoms with Gasteiger partial charge < -0.3 is 18.9 Å². The summed E-state index contributed by atoms with van der Waals surface area (Å²) < 4.78 is 21.6. The van der Waals surface area contributed by atoms with Gasteiger partial charge in [0.05, 0.1) is 14.2 Å². The maximum atomic E-state index is 11.5. The molecule has 0 heterocycles. The molecule has 0 aliphatic heterocycles. The summed E-state index contributed by atoms with van der Waals surface area (Å²) in [4.78, 5) is 23.0. The number of hydrogen-bond acceptors (Lipinski definition) is 6. The molecule has 0 amide bonds. The number of carbonyl (C=O) groups excluding carboxylic acids is 2. The van der Waals surface area contributed by atoms with Gasteiger partial charge in [-0.25, -0.2) is 0 Å². The molecule has 0 saturated carbocycles. The highest BCUT2D eigenvalue weighted by Crippen LogP contribution is 2.28. The predicted molar refractivity (Wildman–Crippen MR) is 108 cm³/mol. The minimum atomic E-state index is -0.326. The van der Waals surface area contributed by atoms with Crippen LogP contribution in [-0.4, -0.2) is 38.4 Å². The van der Waals surface area contributed by atoms with Crippen LogP contribution in [0.15, 0.2) is 18.2 Å². The van der Waals surface area contributed by atoms with Crippen LogP contribution in [0, 0.1) is 0 Å². The van der Waals surface area contributed by atoms with E-state index in [-0.39, 0.29) is 24.1 Å². The highest BCUT2D eigenvalue weighted by molar-refractivity contribution is 5.66. The average molecular weight is 395 g/mol. The molecule has 6 heteroatoms. The van der Waals surface area contributed by atoms with Crippen molar-refractivity contribution in [3.8, 4) is 11.5 Å². The molecule has 0 unspecified atom stereocenters. The van der Waals surface area contributed by atoms with Gasteiger partial charge in [-0.05, 0) is 43.4 Å². The Balaban J connectivity index is 2.77. The third-order valence-corrected chi connectivity index (χ3v) is 4.52. The molecule has 0 aliphatic rings. The summed E-state index contributed by atoms with van der Waals surface area (Å²) in [5.41, 5.74) is 1.06. The lowest BCUT2D eigenvalue weighted by Gasteiger charge is -2.23. The second kappa shape index (κ2) is 13.0. The van der Waals surface area contributed by atoms with Crippen molar-refractivity contribution in [3.05, 3.63) is 23.8 Å². The first-order valence-corrected chi connectivity index (χ1v) is 9.94. The van der Waals surface area contributed by atoms with Crippen LogP contribution in [0.3, 0.4) is 0 Å². The monoisotopic (exact) mass is 394 g/mol. The van der Waals surface area contributed by atoms with E-state index in [0.717, 1.165) is 31.2 Å². The number of methoxy groups -OCH3 is 2. The summed E-state index contributed by atoms with van der Waals surface area (Å²) in [6.07, 6.45) is 5.26. The molecule has 1 aromatic rings. The lowest BCUT2D eigenvalue weighted by atomic mass is 9.99. The first-order chi connectivity index (χ1) is 13.4. The minimum Gasteiger partial charge on any atom is -0.493 e. The summed E-state index contributed by atoms with van der Waals surface area (Å²) >= 11 is 0. The van der Waals surface area contributed by atoms with Crippen LogP contribution in [0.1, 0.15) is 64.9 Å². The number of rotatable bonds is 13. The van der Waals surface area contributed by atoms with Crippen LogP contribution in [0.4, 0.5) is 0 Å². The normalized spacial score (nSPS) is 12.8. The molecule has 6 nitrogen and oxygen atoms in total. The Labute approximate surface area is 168 Å². The zero-order chi connectivity index (χ0) is 20.9. The Hall–Kier alpha value is -2.24. The fourth-order valence-corrected chi connectivity index (χ4v) is 3.20. The second-order valence-electron chi connectivity index (χ2n) is 6.92.